The van der Waals surface area contributed by atoms with Crippen molar-refractivity contribution in [3.8, 4) is 0 Å². The van der Waals surface area contributed by atoms with Crippen molar-refractivity contribution >= 4 is 0 Å². The van der Waals surface area contributed by atoms with Gasteiger partial charge in [0.15, 0.2) is 0 Å². The second-order valence-corrected chi connectivity index (χ2v) is 6.00. The van der Waals surface area contributed by atoms with E-state index < -0.39 is 0 Å². The Morgan fingerprint density at radius 1 is 1.39 bits per heavy atom. The Morgan fingerprint density at radius 2 is 2.06 bits per heavy atom. The Balaban J connectivity index is 2.45. The highest BCUT2D eigenvalue weighted by atomic mass is 16.5. The van der Waals surface area contributed by atoms with Crippen LogP contribution in [-0.4, -0.2) is 28.0 Å². The molecule has 4 heteroatoms. The normalized spacial score (nSPS) is 12.4. The van der Waals surface area contributed by atoms with Crippen molar-refractivity contribution in [3.63, 3.8) is 0 Å². The lowest BCUT2D eigenvalue weighted by atomic mass is 10.2. The molecule has 0 amide bonds. The quantitative estimate of drug-likeness (QED) is 0.846. The van der Waals surface area contributed by atoms with Gasteiger partial charge in [-0.15, -0.1) is 0 Å². The molecular formula is C14H27N3O. The van der Waals surface area contributed by atoms with E-state index in [0.717, 1.165) is 18.8 Å². The van der Waals surface area contributed by atoms with Gasteiger partial charge in [0.05, 0.1) is 24.4 Å². The number of aryl methyl sites for hydroxylation is 1. The molecule has 104 valence electrons. The fourth-order valence-electron chi connectivity index (χ4n) is 1.61. The molecule has 0 saturated heterocycles. The third-order valence-corrected chi connectivity index (χ3v) is 2.60. The Labute approximate surface area is 111 Å². The van der Waals surface area contributed by atoms with Crippen molar-refractivity contribution < 1.29 is 4.74 Å². The van der Waals surface area contributed by atoms with E-state index in [1.807, 2.05) is 4.68 Å². The van der Waals surface area contributed by atoms with Gasteiger partial charge in [0.1, 0.15) is 0 Å². The standard InChI is InChI=1S/C14H27N3O/c1-11(2)15-9-13-10-17(16-12(13)3)7-8-18-14(4,5)6/h10-11,15H,7-9H2,1-6H3. The zero-order chi connectivity index (χ0) is 13.8. The van der Waals surface area contributed by atoms with E-state index >= 15 is 0 Å². The first-order valence-electron chi connectivity index (χ1n) is 6.68. The average molecular weight is 253 g/mol. The van der Waals surface area contributed by atoms with Gasteiger partial charge in [-0.05, 0) is 27.7 Å². The van der Waals surface area contributed by atoms with Gasteiger partial charge in [-0.2, -0.15) is 5.10 Å². The molecule has 0 aliphatic heterocycles. The first-order chi connectivity index (χ1) is 8.28. The predicted octanol–water partition coefficient (Wildman–Crippen LogP) is 2.50. The van der Waals surface area contributed by atoms with Crippen LogP contribution in [0.25, 0.3) is 0 Å². The summed E-state index contributed by atoms with van der Waals surface area (Å²) in [6, 6.07) is 0.497. The molecule has 18 heavy (non-hydrogen) atoms. The highest BCUT2D eigenvalue weighted by Gasteiger charge is 2.10. The maximum Gasteiger partial charge on any atom is 0.0669 e. The second-order valence-electron chi connectivity index (χ2n) is 6.00. The Bertz CT molecular complexity index is 364. The van der Waals surface area contributed by atoms with Gasteiger partial charge < -0.3 is 10.1 Å². The molecule has 1 aromatic heterocycles. The van der Waals surface area contributed by atoms with Gasteiger partial charge in [-0.1, -0.05) is 13.8 Å². The minimum absolute atomic E-state index is 0.0791. The van der Waals surface area contributed by atoms with Gasteiger partial charge in [0.25, 0.3) is 0 Å². The summed E-state index contributed by atoms with van der Waals surface area (Å²) in [7, 11) is 0. The Morgan fingerprint density at radius 3 is 2.61 bits per heavy atom. The number of rotatable bonds is 6. The summed E-state index contributed by atoms with van der Waals surface area (Å²) in [5.74, 6) is 0. The minimum atomic E-state index is -0.0791. The van der Waals surface area contributed by atoms with E-state index in [9.17, 15) is 0 Å². The van der Waals surface area contributed by atoms with Crippen LogP contribution in [0.4, 0.5) is 0 Å². The van der Waals surface area contributed by atoms with Crippen LogP contribution < -0.4 is 5.32 Å². The fraction of sp³-hybridized carbons (Fsp3) is 0.786. The predicted molar refractivity (Wildman–Crippen MR) is 74.6 cm³/mol. The SMILES string of the molecule is Cc1nn(CCOC(C)(C)C)cc1CNC(C)C. The molecule has 1 rings (SSSR count). The van der Waals surface area contributed by atoms with Crippen molar-refractivity contribution in [3.05, 3.63) is 17.5 Å². The Kier molecular flexibility index (Phi) is 5.35. The molecule has 0 aliphatic rings. The average Bonchev–Trinajstić information content (AvgIpc) is 2.54. The van der Waals surface area contributed by atoms with Gasteiger partial charge in [-0.25, -0.2) is 0 Å². The summed E-state index contributed by atoms with van der Waals surface area (Å²) in [6.45, 7) is 14.9. The van der Waals surface area contributed by atoms with E-state index in [1.54, 1.807) is 0 Å². The third-order valence-electron chi connectivity index (χ3n) is 2.60. The summed E-state index contributed by atoms with van der Waals surface area (Å²) in [4.78, 5) is 0. The van der Waals surface area contributed by atoms with Crippen LogP contribution in [0.15, 0.2) is 6.20 Å². The molecule has 0 aromatic carbocycles. The third kappa shape index (κ3) is 5.65. The number of nitrogens with zero attached hydrogens (tertiary/aromatic N) is 2. The van der Waals surface area contributed by atoms with E-state index in [4.69, 9.17) is 4.74 Å². The van der Waals surface area contributed by atoms with Crippen molar-refractivity contribution in [2.45, 2.75) is 66.3 Å². The molecule has 0 aliphatic carbocycles. The van der Waals surface area contributed by atoms with Crippen LogP contribution in [0.1, 0.15) is 45.9 Å². The maximum atomic E-state index is 5.70. The molecule has 0 saturated carbocycles. The lowest BCUT2D eigenvalue weighted by Crippen LogP contribution is -2.22. The summed E-state index contributed by atoms with van der Waals surface area (Å²) in [6.07, 6.45) is 2.11. The molecule has 0 radical (unpaired) electrons. The topological polar surface area (TPSA) is 39.1 Å². The molecule has 1 N–H and O–H groups in total. The minimum Gasteiger partial charge on any atom is -0.374 e. The molecular weight excluding hydrogens is 226 g/mol. The second kappa shape index (κ2) is 6.34. The molecule has 1 heterocycles. The first kappa shape index (κ1) is 15.2. The maximum absolute atomic E-state index is 5.70. The van der Waals surface area contributed by atoms with E-state index in [2.05, 4.69) is 58.2 Å². The van der Waals surface area contributed by atoms with Crippen LogP contribution in [-0.2, 0) is 17.8 Å². The smallest absolute Gasteiger partial charge is 0.0669 e. The van der Waals surface area contributed by atoms with Gasteiger partial charge >= 0.3 is 0 Å². The first-order valence-corrected chi connectivity index (χ1v) is 6.68. The highest BCUT2D eigenvalue weighted by Crippen LogP contribution is 2.08. The monoisotopic (exact) mass is 253 g/mol. The molecule has 0 spiro atoms. The van der Waals surface area contributed by atoms with Crippen LogP contribution in [0.5, 0.6) is 0 Å². The number of aromatic nitrogens is 2. The summed E-state index contributed by atoms with van der Waals surface area (Å²) in [5.41, 5.74) is 2.28. The van der Waals surface area contributed by atoms with Crippen LogP contribution in [0.2, 0.25) is 0 Å². The number of ether oxygens (including phenoxy) is 1. The van der Waals surface area contributed by atoms with E-state index in [0.29, 0.717) is 12.6 Å². The molecule has 0 fully saturated rings. The lowest BCUT2D eigenvalue weighted by Gasteiger charge is -2.19. The Hall–Kier alpha value is -0.870. The summed E-state index contributed by atoms with van der Waals surface area (Å²) < 4.78 is 7.67. The largest absolute Gasteiger partial charge is 0.374 e. The molecule has 1 aromatic rings. The fourth-order valence-corrected chi connectivity index (χ4v) is 1.61. The molecule has 0 bridgehead atoms. The van der Waals surface area contributed by atoms with Crippen LogP contribution in [0, 0.1) is 6.92 Å². The number of nitrogens with one attached hydrogen (secondary N) is 1. The number of hydrogen-bond donors (Lipinski definition) is 1. The number of hydrogen-bond acceptors (Lipinski definition) is 3. The van der Waals surface area contributed by atoms with Crippen molar-refractivity contribution in [1.29, 1.82) is 0 Å². The summed E-state index contributed by atoms with van der Waals surface area (Å²) >= 11 is 0. The van der Waals surface area contributed by atoms with Gasteiger partial charge in [0.2, 0.25) is 0 Å². The molecule has 0 atom stereocenters. The molecule has 4 nitrogen and oxygen atoms in total. The van der Waals surface area contributed by atoms with E-state index in [1.165, 1.54) is 5.56 Å². The lowest BCUT2D eigenvalue weighted by molar-refractivity contribution is -0.00791. The highest BCUT2D eigenvalue weighted by molar-refractivity contribution is 5.15. The van der Waals surface area contributed by atoms with Crippen LogP contribution in [0.3, 0.4) is 0 Å². The van der Waals surface area contributed by atoms with E-state index in [-0.39, 0.29) is 5.60 Å². The summed E-state index contributed by atoms with van der Waals surface area (Å²) in [5, 5.41) is 7.92. The van der Waals surface area contributed by atoms with Crippen molar-refractivity contribution in [1.82, 2.24) is 15.1 Å². The van der Waals surface area contributed by atoms with Crippen molar-refractivity contribution in [2.75, 3.05) is 6.61 Å². The van der Waals surface area contributed by atoms with Crippen LogP contribution >= 0.6 is 0 Å². The van der Waals surface area contributed by atoms with Gasteiger partial charge in [-0.3, -0.25) is 4.68 Å². The molecule has 0 unspecified atom stereocenters. The zero-order valence-electron chi connectivity index (χ0n) is 12.6. The van der Waals surface area contributed by atoms with Crippen molar-refractivity contribution in [2.24, 2.45) is 0 Å². The van der Waals surface area contributed by atoms with Gasteiger partial charge in [0, 0.05) is 24.3 Å². The zero-order valence-corrected chi connectivity index (χ0v) is 12.6.